The van der Waals surface area contributed by atoms with Crippen LogP contribution in [0.3, 0.4) is 0 Å². The van der Waals surface area contributed by atoms with E-state index in [0.29, 0.717) is 19.4 Å². The normalized spacial score (nSPS) is 18.9. The number of aliphatic carboxylic acids is 1. The van der Waals surface area contributed by atoms with Gasteiger partial charge in [-0.25, -0.2) is 4.39 Å². The van der Waals surface area contributed by atoms with Crippen LogP contribution in [0.1, 0.15) is 12.8 Å². The van der Waals surface area contributed by atoms with Gasteiger partial charge >= 0.3 is 0 Å². The van der Waals surface area contributed by atoms with E-state index in [1.54, 1.807) is 0 Å². The summed E-state index contributed by atoms with van der Waals surface area (Å²) in [6.07, 6.45) is 1.01. The zero-order valence-corrected chi connectivity index (χ0v) is 9.34. The number of benzene rings is 1. The van der Waals surface area contributed by atoms with Crippen molar-refractivity contribution in [3.05, 3.63) is 34.1 Å². The fourth-order valence-corrected chi connectivity index (χ4v) is 2.14. The molecule has 96 valence electrons. The summed E-state index contributed by atoms with van der Waals surface area (Å²) in [5, 5.41) is 21.4. The van der Waals surface area contributed by atoms with Crippen LogP contribution in [0.2, 0.25) is 0 Å². The van der Waals surface area contributed by atoms with Gasteiger partial charge in [-0.1, -0.05) is 0 Å². The summed E-state index contributed by atoms with van der Waals surface area (Å²) >= 11 is 0. The smallest absolute Gasteiger partial charge is 0.272 e. The van der Waals surface area contributed by atoms with Gasteiger partial charge in [0.1, 0.15) is 0 Å². The van der Waals surface area contributed by atoms with Crippen LogP contribution in [0.5, 0.6) is 0 Å². The van der Waals surface area contributed by atoms with Gasteiger partial charge in [-0.15, -0.1) is 0 Å². The van der Waals surface area contributed by atoms with Gasteiger partial charge in [-0.05, 0) is 18.9 Å². The minimum absolute atomic E-state index is 0.0623. The second-order valence-corrected chi connectivity index (χ2v) is 4.06. The Balaban J connectivity index is 2.33. The van der Waals surface area contributed by atoms with Gasteiger partial charge in [0, 0.05) is 12.6 Å². The zero-order valence-electron chi connectivity index (χ0n) is 9.34. The Morgan fingerprint density at radius 2 is 2.22 bits per heavy atom. The van der Waals surface area contributed by atoms with Crippen LogP contribution < -0.4 is 10.0 Å². The highest BCUT2D eigenvalue weighted by atomic mass is 19.1. The van der Waals surface area contributed by atoms with E-state index in [-0.39, 0.29) is 11.4 Å². The molecule has 0 aliphatic carbocycles. The first-order chi connectivity index (χ1) is 8.50. The average Bonchev–Trinajstić information content (AvgIpc) is 2.77. The molecule has 0 spiro atoms. The Bertz CT molecular complexity index is 506. The van der Waals surface area contributed by atoms with Crippen LogP contribution in [0, 0.1) is 15.9 Å². The third-order valence-corrected chi connectivity index (χ3v) is 2.98. The Kier molecular flexibility index (Phi) is 3.14. The molecule has 0 unspecified atom stereocenters. The lowest BCUT2D eigenvalue weighted by Gasteiger charge is -2.27. The molecule has 1 atom stereocenters. The van der Waals surface area contributed by atoms with Crippen molar-refractivity contribution in [2.45, 2.75) is 18.9 Å². The number of halogens is 1. The summed E-state index contributed by atoms with van der Waals surface area (Å²) in [4.78, 5) is 22.0. The first-order valence-corrected chi connectivity index (χ1v) is 5.42. The van der Waals surface area contributed by atoms with E-state index in [2.05, 4.69) is 0 Å². The molecule has 18 heavy (non-hydrogen) atoms. The number of non-ortho nitro benzene ring substituents is 1. The third-order valence-electron chi connectivity index (χ3n) is 2.98. The summed E-state index contributed by atoms with van der Waals surface area (Å²) in [6, 6.07) is 2.30. The lowest BCUT2D eigenvalue weighted by molar-refractivity contribution is -0.385. The third kappa shape index (κ3) is 2.11. The molecule has 1 aliphatic heterocycles. The van der Waals surface area contributed by atoms with Crippen molar-refractivity contribution < 1.29 is 19.2 Å². The topological polar surface area (TPSA) is 86.5 Å². The van der Waals surface area contributed by atoms with Crippen LogP contribution in [-0.4, -0.2) is 23.5 Å². The number of carboxylic acids is 1. The Morgan fingerprint density at radius 1 is 1.50 bits per heavy atom. The van der Waals surface area contributed by atoms with Crippen LogP contribution in [-0.2, 0) is 4.79 Å². The number of nitrogens with zero attached hydrogens (tertiary/aromatic N) is 2. The molecule has 1 aromatic carbocycles. The van der Waals surface area contributed by atoms with Crippen LogP contribution in [0.4, 0.5) is 15.8 Å². The summed E-state index contributed by atoms with van der Waals surface area (Å²) in [7, 11) is 0. The standard InChI is InChI=1S/C11H11FN2O4/c12-8-6-7(14(17)18)3-4-9(8)13-5-1-2-10(13)11(15)16/h3-4,6,10H,1-2,5H2,(H,15,16)/p-1/t10-/m1/s1. The lowest BCUT2D eigenvalue weighted by atomic mass is 10.2. The van der Waals surface area contributed by atoms with E-state index in [1.165, 1.54) is 11.0 Å². The first-order valence-electron chi connectivity index (χ1n) is 5.42. The minimum atomic E-state index is -1.26. The Hall–Kier alpha value is -2.18. The van der Waals surface area contributed by atoms with Crippen LogP contribution in [0.25, 0.3) is 0 Å². The highest BCUT2D eigenvalue weighted by Gasteiger charge is 2.28. The minimum Gasteiger partial charge on any atom is -0.548 e. The van der Waals surface area contributed by atoms with Gasteiger partial charge in [0.2, 0.25) is 0 Å². The number of anilines is 1. The fraction of sp³-hybridized carbons (Fsp3) is 0.364. The molecule has 0 radical (unpaired) electrons. The number of hydrogen-bond acceptors (Lipinski definition) is 5. The highest BCUT2D eigenvalue weighted by Crippen LogP contribution is 2.29. The van der Waals surface area contributed by atoms with Gasteiger partial charge in [0.05, 0.1) is 28.7 Å². The predicted octanol–water partition coefficient (Wildman–Crippen LogP) is 0.453. The molecule has 1 heterocycles. The van der Waals surface area contributed by atoms with Crippen molar-refractivity contribution in [1.29, 1.82) is 0 Å². The SMILES string of the molecule is O=C([O-])[C@H]1CCCN1c1ccc([N+](=O)[O-])cc1F. The summed E-state index contributed by atoms with van der Waals surface area (Å²) in [5.41, 5.74) is -0.298. The second kappa shape index (κ2) is 4.59. The molecule has 7 heteroatoms. The van der Waals surface area contributed by atoms with Crippen molar-refractivity contribution in [2.24, 2.45) is 0 Å². The van der Waals surface area contributed by atoms with Crippen molar-refractivity contribution in [3.8, 4) is 0 Å². The van der Waals surface area contributed by atoms with E-state index >= 15 is 0 Å². The van der Waals surface area contributed by atoms with Crippen molar-refractivity contribution in [2.75, 3.05) is 11.4 Å². The number of nitro benzene ring substituents is 1. The molecule has 6 nitrogen and oxygen atoms in total. The molecule has 0 N–H and O–H groups in total. The number of hydrogen-bond donors (Lipinski definition) is 0. The molecule has 0 amide bonds. The monoisotopic (exact) mass is 253 g/mol. The van der Waals surface area contributed by atoms with Crippen molar-refractivity contribution in [1.82, 2.24) is 0 Å². The molecular formula is C11H10FN2O4-. The summed E-state index contributed by atoms with van der Waals surface area (Å²) in [6.45, 7) is 0.396. The van der Waals surface area contributed by atoms with Gasteiger partial charge in [0.25, 0.3) is 5.69 Å². The maximum atomic E-state index is 13.7. The molecule has 1 saturated heterocycles. The maximum Gasteiger partial charge on any atom is 0.272 e. The highest BCUT2D eigenvalue weighted by molar-refractivity contribution is 5.77. The van der Waals surface area contributed by atoms with Gasteiger partial charge < -0.3 is 14.8 Å². The Morgan fingerprint density at radius 3 is 2.78 bits per heavy atom. The van der Waals surface area contributed by atoms with Crippen LogP contribution in [0.15, 0.2) is 18.2 Å². The second-order valence-electron chi connectivity index (χ2n) is 4.06. The van der Waals surface area contributed by atoms with Crippen molar-refractivity contribution >= 4 is 17.3 Å². The average molecular weight is 253 g/mol. The van der Waals surface area contributed by atoms with Gasteiger partial charge in [-0.2, -0.15) is 0 Å². The molecule has 1 aromatic rings. The largest absolute Gasteiger partial charge is 0.548 e. The van der Waals surface area contributed by atoms with E-state index < -0.39 is 22.8 Å². The fourth-order valence-electron chi connectivity index (χ4n) is 2.14. The molecule has 2 rings (SSSR count). The van der Waals surface area contributed by atoms with Gasteiger partial charge in [-0.3, -0.25) is 10.1 Å². The first kappa shape index (κ1) is 12.3. The predicted molar refractivity (Wildman–Crippen MR) is 58.4 cm³/mol. The molecule has 1 fully saturated rings. The molecule has 1 aliphatic rings. The van der Waals surface area contributed by atoms with E-state index in [9.17, 15) is 24.4 Å². The van der Waals surface area contributed by atoms with Crippen molar-refractivity contribution in [3.63, 3.8) is 0 Å². The number of nitro groups is 1. The van der Waals surface area contributed by atoms with E-state index in [4.69, 9.17) is 0 Å². The zero-order chi connectivity index (χ0) is 13.3. The molecule has 0 saturated carbocycles. The molecular weight excluding hydrogens is 243 g/mol. The lowest BCUT2D eigenvalue weighted by Crippen LogP contribution is -2.44. The molecule has 0 aromatic heterocycles. The number of carbonyl (C=O) groups is 1. The summed E-state index contributed by atoms with van der Waals surface area (Å²) in [5.74, 6) is -2.05. The van der Waals surface area contributed by atoms with E-state index in [0.717, 1.165) is 12.1 Å². The van der Waals surface area contributed by atoms with E-state index in [1.807, 2.05) is 0 Å². The Labute approximate surface area is 102 Å². The number of carbonyl (C=O) groups excluding carboxylic acids is 1. The quantitative estimate of drug-likeness (QED) is 0.576. The maximum absolute atomic E-state index is 13.7. The number of rotatable bonds is 3. The summed E-state index contributed by atoms with van der Waals surface area (Å²) < 4.78 is 13.7. The molecule has 0 bridgehead atoms. The number of carboxylic acid groups (broad SMARTS) is 1. The van der Waals surface area contributed by atoms with Crippen LogP contribution >= 0.6 is 0 Å². The van der Waals surface area contributed by atoms with Gasteiger partial charge in [0.15, 0.2) is 5.82 Å².